The summed E-state index contributed by atoms with van der Waals surface area (Å²) in [6.45, 7) is 0. The van der Waals surface area contributed by atoms with Crippen LogP contribution in [0.5, 0.6) is 0 Å². The summed E-state index contributed by atoms with van der Waals surface area (Å²) in [6.07, 6.45) is 0. The topological polar surface area (TPSA) is 68.0 Å². The summed E-state index contributed by atoms with van der Waals surface area (Å²) >= 11 is 2.95. The minimum atomic E-state index is -0.209. The van der Waals surface area contributed by atoms with E-state index in [9.17, 15) is 4.79 Å². The fraction of sp³-hybridized carbons (Fsp3) is 0. The number of fused-ring (bicyclic) bond motifs is 1. The summed E-state index contributed by atoms with van der Waals surface area (Å²) in [5.41, 5.74) is 8.29. The van der Waals surface area contributed by atoms with E-state index in [0.717, 1.165) is 26.5 Å². The first-order valence-corrected chi connectivity index (χ1v) is 9.01. The number of thiophene rings is 2. The molecule has 0 fully saturated rings. The Labute approximate surface area is 146 Å². The SMILES string of the molecule is Nc1c(C(=O)Nc2ccccc2)sc2nc(-c3cccs3)ccc12. The van der Waals surface area contributed by atoms with Gasteiger partial charge in [0.05, 0.1) is 16.3 Å². The zero-order chi connectivity index (χ0) is 16.5. The van der Waals surface area contributed by atoms with E-state index in [2.05, 4.69) is 10.3 Å². The van der Waals surface area contributed by atoms with Crippen molar-refractivity contribution in [2.75, 3.05) is 11.1 Å². The van der Waals surface area contributed by atoms with E-state index in [1.165, 1.54) is 11.3 Å². The van der Waals surface area contributed by atoms with Crippen molar-refractivity contribution in [3.8, 4) is 10.6 Å². The van der Waals surface area contributed by atoms with Crippen LogP contribution >= 0.6 is 22.7 Å². The molecule has 0 aliphatic carbocycles. The van der Waals surface area contributed by atoms with Crippen molar-refractivity contribution in [1.82, 2.24) is 4.98 Å². The standard InChI is InChI=1S/C18H13N3OS2/c19-15-12-8-9-13(14-7-4-10-23-14)21-18(12)24-16(15)17(22)20-11-5-2-1-3-6-11/h1-10H,19H2,(H,20,22). The summed E-state index contributed by atoms with van der Waals surface area (Å²) in [5.74, 6) is -0.209. The van der Waals surface area contributed by atoms with Gasteiger partial charge in [0.1, 0.15) is 9.71 Å². The van der Waals surface area contributed by atoms with Crippen LogP contribution in [-0.4, -0.2) is 10.9 Å². The molecule has 1 amide bonds. The Bertz CT molecular complexity index is 1010. The van der Waals surface area contributed by atoms with Crippen LogP contribution in [0.4, 0.5) is 11.4 Å². The largest absolute Gasteiger partial charge is 0.397 e. The molecule has 1 aromatic carbocycles. The molecule has 4 aromatic rings. The van der Waals surface area contributed by atoms with E-state index in [-0.39, 0.29) is 5.91 Å². The lowest BCUT2D eigenvalue weighted by Gasteiger charge is -2.03. The number of para-hydroxylation sites is 1. The van der Waals surface area contributed by atoms with Gasteiger partial charge in [0.25, 0.3) is 5.91 Å². The zero-order valence-corrected chi connectivity index (χ0v) is 14.2. The van der Waals surface area contributed by atoms with Crippen molar-refractivity contribution in [3.05, 3.63) is 64.9 Å². The number of benzene rings is 1. The highest BCUT2D eigenvalue weighted by Crippen LogP contribution is 2.35. The minimum Gasteiger partial charge on any atom is -0.397 e. The molecule has 0 spiro atoms. The molecule has 24 heavy (non-hydrogen) atoms. The van der Waals surface area contributed by atoms with Crippen LogP contribution in [-0.2, 0) is 0 Å². The number of hydrogen-bond acceptors (Lipinski definition) is 5. The fourth-order valence-corrected chi connectivity index (χ4v) is 4.12. The molecule has 4 rings (SSSR count). The average molecular weight is 351 g/mol. The van der Waals surface area contributed by atoms with Gasteiger partial charge >= 0.3 is 0 Å². The molecule has 4 nitrogen and oxygen atoms in total. The number of nitrogen functional groups attached to an aromatic ring is 1. The van der Waals surface area contributed by atoms with E-state index in [0.29, 0.717) is 10.6 Å². The number of pyridine rings is 1. The molecule has 3 heterocycles. The molecule has 3 N–H and O–H groups in total. The molecule has 0 radical (unpaired) electrons. The highest BCUT2D eigenvalue weighted by atomic mass is 32.1. The number of nitrogens with zero attached hydrogens (tertiary/aromatic N) is 1. The molecule has 0 saturated heterocycles. The smallest absolute Gasteiger partial charge is 0.267 e. The van der Waals surface area contributed by atoms with Gasteiger partial charge in [0.2, 0.25) is 0 Å². The molecule has 0 saturated carbocycles. The minimum absolute atomic E-state index is 0.209. The van der Waals surface area contributed by atoms with Crippen LogP contribution in [0.25, 0.3) is 20.8 Å². The van der Waals surface area contributed by atoms with Gasteiger partial charge in [-0.3, -0.25) is 4.79 Å². The highest BCUT2D eigenvalue weighted by molar-refractivity contribution is 7.21. The number of carbonyl (C=O) groups is 1. The Morgan fingerprint density at radius 2 is 1.88 bits per heavy atom. The predicted octanol–water partition coefficient (Wildman–Crippen LogP) is 4.86. The van der Waals surface area contributed by atoms with Gasteiger partial charge in [-0.25, -0.2) is 4.98 Å². The summed E-state index contributed by atoms with van der Waals surface area (Å²) in [5, 5.41) is 5.70. The van der Waals surface area contributed by atoms with Crippen molar-refractivity contribution in [2.45, 2.75) is 0 Å². The lowest BCUT2D eigenvalue weighted by atomic mass is 10.2. The Kier molecular flexibility index (Phi) is 3.76. The molecule has 0 aliphatic heterocycles. The van der Waals surface area contributed by atoms with Crippen molar-refractivity contribution in [1.29, 1.82) is 0 Å². The first-order valence-electron chi connectivity index (χ1n) is 7.31. The first kappa shape index (κ1) is 14.9. The van der Waals surface area contributed by atoms with Crippen LogP contribution in [0.3, 0.4) is 0 Å². The van der Waals surface area contributed by atoms with E-state index < -0.39 is 0 Å². The Morgan fingerprint density at radius 1 is 1.04 bits per heavy atom. The number of carbonyl (C=O) groups excluding carboxylic acids is 1. The van der Waals surface area contributed by atoms with Gasteiger partial charge in [-0.05, 0) is 35.7 Å². The lowest BCUT2D eigenvalue weighted by molar-refractivity contribution is 0.103. The number of nitrogens with one attached hydrogen (secondary N) is 1. The van der Waals surface area contributed by atoms with Gasteiger partial charge < -0.3 is 11.1 Å². The molecule has 0 aliphatic rings. The van der Waals surface area contributed by atoms with Crippen LogP contribution < -0.4 is 11.1 Å². The number of aromatic nitrogens is 1. The maximum Gasteiger partial charge on any atom is 0.267 e. The van der Waals surface area contributed by atoms with Gasteiger partial charge in [0.15, 0.2) is 0 Å². The number of amides is 1. The average Bonchev–Trinajstić information content (AvgIpc) is 3.24. The van der Waals surface area contributed by atoms with Crippen molar-refractivity contribution < 1.29 is 4.79 Å². The first-order chi connectivity index (χ1) is 11.7. The third-order valence-electron chi connectivity index (χ3n) is 3.61. The van der Waals surface area contributed by atoms with Gasteiger partial charge in [-0.2, -0.15) is 0 Å². The quantitative estimate of drug-likeness (QED) is 0.554. The molecular formula is C18H13N3OS2. The lowest BCUT2D eigenvalue weighted by Crippen LogP contribution is -2.11. The van der Waals surface area contributed by atoms with E-state index in [1.807, 2.05) is 60.0 Å². The Morgan fingerprint density at radius 3 is 2.62 bits per heavy atom. The second-order valence-corrected chi connectivity index (χ2v) is 7.14. The molecule has 118 valence electrons. The highest BCUT2D eigenvalue weighted by Gasteiger charge is 2.18. The molecular weight excluding hydrogens is 338 g/mol. The second-order valence-electron chi connectivity index (χ2n) is 5.19. The second kappa shape index (κ2) is 6.07. The number of rotatable bonds is 3. The molecule has 0 unspecified atom stereocenters. The maximum absolute atomic E-state index is 12.5. The summed E-state index contributed by atoms with van der Waals surface area (Å²) in [4.78, 5) is 19.5. The van der Waals surface area contributed by atoms with Crippen molar-refractivity contribution >= 4 is 50.2 Å². The van der Waals surface area contributed by atoms with Crippen molar-refractivity contribution in [2.24, 2.45) is 0 Å². The van der Waals surface area contributed by atoms with Gasteiger partial charge in [-0.15, -0.1) is 22.7 Å². The van der Waals surface area contributed by atoms with Gasteiger partial charge in [-0.1, -0.05) is 24.3 Å². The van der Waals surface area contributed by atoms with E-state index in [1.54, 1.807) is 11.3 Å². The van der Waals surface area contributed by atoms with Crippen LogP contribution in [0.1, 0.15) is 9.67 Å². The normalized spacial score (nSPS) is 10.8. The maximum atomic E-state index is 12.5. The molecule has 0 bridgehead atoms. The van der Waals surface area contributed by atoms with Crippen LogP contribution in [0, 0.1) is 0 Å². The van der Waals surface area contributed by atoms with Gasteiger partial charge in [0, 0.05) is 11.1 Å². The number of anilines is 2. The third kappa shape index (κ3) is 2.66. The molecule has 0 atom stereocenters. The van der Waals surface area contributed by atoms with E-state index >= 15 is 0 Å². The number of hydrogen-bond donors (Lipinski definition) is 2. The van der Waals surface area contributed by atoms with Crippen molar-refractivity contribution in [3.63, 3.8) is 0 Å². The van der Waals surface area contributed by atoms with Crippen LogP contribution in [0.2, 0.25) is 0 Å². The summed E-state index contributed by atoms with van der Waals surface area (Å²) in [7, 11) is 0. The molecule has 3 aromatic heterocycles. The van der Waals surface area contributed by atoms with E-state index in [4.69, 9.17) is 5.73 Å². The summed E-state index contributed by atoms with van der Waals surface area (Å²) in [6, 6.07) is 17.2. The van der Waals surface area contributed by atoms with Crippen LogP contribution in [0.15, 0.2) is 60.0 Å². The molecule has 6 heteroatoms. The number of nitrogens with two attached hydrogens (primary N) is 1. The monoisotopic (exact) mass is 351 g/mol. The Hall–Kier alpha value is -2.70. The Balaban J connectivity index is 1.71. The zero-order valence-electron chi connectivity index (χ0n) is 12.5. The summed E-state index contributed by atoms with van der Waals surface area (Å²) < 4.78 is 0. The predicted molar refractivity (Wildman–Crippen MR) is 102 cm³/mol. The fourth-order valence-electron chi connectivity index (χ4n) is 2.44. The third-order valence-corrected chi connectivity index (χ3v) is 5.61.